The van der Waals surface area contributed by atoms with Crippen LogP contribution < -0.4 is 19.8 Å². The Morgan fingerprint density at radius 2 is 2.03 bits per heavy atom. The first kappa shape index (κ1) is 25.6. The summed E-state index contributed by atoms with van der Waals surface area (Å²) in [5.41, 5.74) is 1.79. The third kappa shape index (κ3) is 5.79. The molecule has 196 valence electrons. The number of pyridine rings is 2. The van der Waals surface area contributed by atoms with E-state index in [-0.39, 0.29) is 17.5 Å². The summed E-state index contributed by atoms with van der Waals surface area (Å²) in [6.07, 6.45) is 13.8. The van der Waals surface area contributed by atoms with E-state index in [2.05, 4.69) is 70.9 Å². The summed E-state index contributed by atoms with van der Waals surface area (Å²) >= 11 is 1.29. The van der Waals surface area contributed by atoms with Crippen molar-refractivity contribution in [3.8, 4) is 0 Å². The third-order valence-electron chi connectivity index (χ3n) is 7.68. The zero-order valence-electron chi connectivity index (χ0n) is 22.3. The van der Waals surface area contributed by atoms with E-state index in [1.165, 1.54) is 30.4 Å². The van der Waals surface area contributed by atoms with Crippen molar-refractivity contribution in [2.45, 2.75) is 76.3 Å². The summed E-state index contributed by atoms with van der Waals surface area (Å²) in [6.45, 7) is 10.7. The number of amides is 1. The molecule has 37 heavy (non-hydrogen) atoms. The molecular weight excluding hydrogens is 480 g/mol. The molecule has 7 nitrogen and oxygen atoms in total. The van der Waals surface area contributed by atoms with Crippen molar-refractivity contribution in [3.63, 3.8) is 0 Å². The minimum atomic E-state index is -0.137. The highest BCUT2D eigenvalue weighted by atomic mass is 32.2. The van der Waals surface area contributed by atoms with Gasteiger partial charge in [-0.05, 0) is 102 Å². The monoisotopic (exact) mass is 518 g/mol. The fraction of sp³-hybridized carbons (Fsp3) is 0.483. The molecule has 0 aliphatic carbocycles. The summed E-state index contributed by atoms with van der Waals surface area (Å²) in [7, 11) is 0. The van der Waals surface area contributed by atoms with E-state index in [1.54, 1.807) is 6.20 Å². The van der Waals surface area contributed by atoms with Crippen molar-refractivity contribution in [2.75, 3.05) is 28.2 Å². The predicted octanol–water partition coefficient (Wildman–Crippen LogP) is 6.17. The molecule has 8 heteroatoms. The van der Waals surface area contributed by atoms with Crippen molar-refractivity contribution in [1.82, 2.24) is 14.7 Å². The lowest BCUT2D eigenvalue weighted by atomic mass is 9.93. The molecule has 4 aliphatic heterocycles. The van der Waals surface area contributed by atoms with Gasteiger partial charge in [-0.1, -0.05) is 18.1 Å². The quantitative estimate of drug-likeness (QED) is 0.437. The molecule has 2 aromatic heterocycles. The van der Waals surface area contributed by atoms with Crippen LogP contribution in [0.3, 0.4) is 0 Å². The van der Waals surface area contributed by atoms with Gasteiger partial charge in [0.05, 0.1) is 5.56 Å². The fourth-order valence-corrected chi connectivity index (χ4v) is 6.15. The van der Waals surface area contributed by atoms with Crippen molar-refractivity contribution in [3.05, 3.63) is 60.0 Å². The highest BCUT2D eigenvalue weighted by Crippen LogP contribution is 2.40. The molecule has 0 radical (unpaired) electrons. The van der Waals surface area contributed by atoms with E-state index in [9.17, 15) is 4.79 Å². The van der Waals surface area contributed by atoms with Crippen LogP contribution in [0.25, 0.3) is 0 Å². The van der Waals surface area contributed by atoms with Gasteiger partial charge in [-0.15, -0.1) is 0 Å². The molecular formula is C29H38N6OS. The Balaban J connectivity index is 1.52. The molecule has 0 aromatic carbocycles. The van der Waals surface area contributed by atoms with Crippen molar-refractivity contribution in [2.24, 2.45) is 5.92 Å². The Labute approximate surface area is 225 Å². The van der Waals surface area contributed by atoms with Crippen LogP contribution in [0.1, 0.15) is 70.2 Å². The molecule has 2 aromatic rings. The number of carbonyl (C=O) groups is 1. The van der Waals surface area contributed by atoms with Gasteiger partial charge in [-0.2, -0.15) is 0 Å². The number of hydrogen-bond acceptors (Lipinski definition) is 7. The van der Waals surface area contributed by atoms with Gasteiger partial charge in [0.1, 0.15) is 17.5 Å². The van der Waals surface area contributed by atoms with Crippen LogP contribution in [0.2, 0.25) is 0 Å². The van der Waals surface area contributed by atoms with E-state index in [4.69, 9.17) is 4.98 Å². The number of fused-ring (bicyclic) bond motifs is 8. The Hall–Kier alpha value is -3.00. The van der Waals surface area contributed by atoms with Crippen molar-refractivity contribution >= 4 is 35.3 Å². The first-order valence-corrected chi connectivity index (χ1v) is 14.2. The van der Waals surface area contributed by atoms with Crippen molar-refractivity contribution in [1.29, 1.82) is 0 Å². The lowest BCUT2D eigenvalue weighted by molar-refractivity contribution is 0.0984. The summed E-state index contributed by atoms with van der Waals surface area (Å²) in [6, 6.07) is 8.16. The minimum Gasteiger partial charge on any atom is -0.370 e. The summed E-state index contributed by atoms with van der Waals surface area (Å²) < 4.78 is 3.03. The lowest BCUT2D eigenvalue weighted by Gasteiger charge is -2.35. The summed E-state index contributed by atoms with van der Waals surface area (Å²) in [5, 5.41) is 3.42. The van der Waals surface area contributed by atoms with Gasteiger partial charge < -0.3 is 15.1 Å². The molecule has 0 spiro atoms. The molecule has 1 fully saturated rings. The minimum absolute atomic E-state index is 0.0837. The lowest BCUT2D eigenvalue weighted by Crippen LogP contribution is -2.40. The number of rotatable bonds is 1. The number of nitrogens with zero attached hydrogens (tertiary/aromatic N) is 4. The number of carbonyl (C=O) groups excluding carboxylic acids is 1. The van der Waals surface area contributed by atoms with Crippen LogP contribution in [0.4, 0.5) is 17.5 Å². The third-order valence-corrected chi connectivity index (χ3v) is 8.45. The standard InChI is InChI=1S/C29H38N6OS/c1-20-8-9-21(2)34(16-14-20)26-13-11-24-27(32-26)35-19-22(17-29(35,3)4)7-5-6-15-30-25-12-10-23(18-31-25)37-33-28(24)36/h8,10-14,16,18,21-22H,5-7,9,15,17,19H2,1-4H3,(H,30,31)(H,33,36)/t21-,22?/m1/s1. The summed E-state index contributed by atoms with van der Waals surface area (Å²) in [4.78, 5) is 28.7. The second-order valence-electron chi connectivity index (χ2n) is 11.1. The van der Waals surface area contributed by atoms with E-state index in [0.717, 1.165) is 54.7 Å². The average Bonchev–Trinajstić information content (AvgIpc) is 3.08. The number of hydrogen-bond donors (Lipinski definition) is 2. The molecule has 1 unspecified atom stereocenters. The maximum absolute atomic E-state index is 13.5. The number of nitrogens with one attached hydrogen (secondary N) is 2. The Kier molecular flexibility index (Phi) is 7.47. The number of allylic oxidation sites excluding steroid dienone is 2. The van der Waals surface area contributed by atoms with Crippen LogP contribution in [-0.2, 0) is 0 Å². The molecule has 0 saturated carbocycles. The maximum Gasteiger partial charge on any atom is 0.265 e. The summed E-state index contributed by atoms with van der Waals surface area (Å²) in [5.74, 6) is 2.96. The molecule has 4 aliphatic rings. The molecule has 2 N–H and O–H groups in total. The van der Waals surface area contributed by atoms with Crippen LogP contribution in [0, 0.1) is 5.92 Å². The van der Waals surface area contributed by atoms with Gasteiger partial charge in [-0.3, -0.25) is 9.52 Å². The first-order chi connectivity index (χ1) is 17.8. The first-order valence-electron chi connectivity index (χ1n) is 13.4. The maximum atomic E-state index is 13.5. The second kappa shape index (κ2) is 10.8. The predicted molar refractivity (Wildman–Crippen MR) is 153 cm³/mol. The van der Waals surface area contributed by atoms with Gasteiger partial charge in [-0.25, -0.2) is 9.97 Å². The highest BCUT2D eigenvalue weighted by Gasteiger charge is 2.40. The second-order valence-corrected chi connectivity index (χ2v) is 12.0. The number of aromatic nitrogens is 2. The molecule has 1 amide bonds. The Morgan fingerprint density at radius 3 is 2.84 bits per heavy atom. The van der Waals surface area contributed by atoms with E-state index in [0.29, 0.717) is 11.5 Å². The average molecular weight is 519 g/mol. The van der Waals surface area contributed by atoms with E-state index in [1.807, 2.05) is 24.3 Å². The molecule has 6 rings (SSSR count). The van der Waals surface area contributed by atoms with Gasteiger partial charge >= 0.3 is 0 Å². The van der Waals surface area contributed by atoms with Crippen molar-refractivity contribution < 1.29 is 4.79 Å². The van der Waals surface area contributed by atoms with Gasteiger partial charge in [0.15, 0.2) is 0 Å². The van der Waals surface area contributed by atoms with Gasteiger partial charge in [0, 0.05) is 42.0 Å². The molecule has 6 heterocycles. The normalized spacial score (nSPS) is 24.0. The Morgan fingerprint density at radius 1 is 1.16 bits per heavy atom. The largest absolute Gasteiger partial charge is 0.370 e. The van der Waals surface area contributed by atoms with Gasteiger partial charge in [0.2, 0.25) is 0 Å². The molecule has 4 bridgehead atoms. The zero-order chi connectivity index (χ0) is 26.0. The van der Waals surface area contributed by atoms with Gasteiger partial charge in [0.25, 0.3) is 5.91 Å². The van der Waals surface area contributed by atoms with E-state index >= 15 is 0 Å². The molecule has 1 saturated heterocycles. The zero-order valence-corrected chi connectivity index (χ0v) is 23.1. The smallest absolute Gasteiger partial charge is 0.265 e. The van der Waals surface area contributed by atoms with Crippen LogP contribution in [-0.4, -0.2) is 40.5 Å². The molecule has 2 atom stereocenters. The number of anilines is 3. The van der Waals surface area contributed by atoms with Crippen LogP contribution in [0.5, 0.6) is 0 Å². The topological polar surface area (TPSA) is 73.4 Å². The van der Waals surface area contributed by atoms with E-state index < -0.39 is 0 Å². The van der Waals surface area contributed by atoms with Crippen LogP contribution in [0.15, 0.2) is 59.3 Å². The fourth-order valence-electron chi connectivity index (χ4n) is 5.58. The Bertz CT molecular complexity index is 1190. The highest BCUT2D eigenvalue weighted by molar-refractivity contribution is 7.98. The SMILES string of the molecule is CC1=CC[C@@H](C)N(c2ccc3c(n2)N2CC(CCCCNc4ccc(cn4)SNC3=O)CC2(C)C)C=C1. The van der Waals surface area contributed by atoms with Crippen LogP contribution >= 0.6 is 11.9 Å².